The molecule has 3 aromatic heterocycles. The number of aryl methyl sites for hydroxylation is 2. The summed E-state index contributed by atoms with van der Waals surface area (Å²) >= 11 is 0. The number of rotatable bonds is 4. The molecule has 0 radical (unpaired) electrons. The predicted octanol–water partition coefficient (Wildman–Crippen LogP) is 4.35. The Balaban J connectivity index is 1.49. The molecule has 8 nitrogen and oxygen atoms in total. The second kappa shape index (κ2) is 9.62. The minimum absolute atomic E-state index is 0.159. The maximum absolute atomic E-state index is 12.7. The zero-order valence-electron chi connectivity index (χ0n) is 20.4. The number of likely N-dealkylation sites (tertiary alicyclic amines) is 1. The van der Waals surface area contributed by atoms with Gasteiger partial charge >= 0.3 is 0 Å². The summed E-state index contributed by atoms with van der Waals surface area (Å²) in [4.78, 5) is 40.9. The minimum atomic E-state index is -0.231. The Morgan fingerprint density at radius 2 is 1.89 bits per heavy atom. The normalized spacial score (nSPS) is 15.0. The first-order valence-electron chi connectivity index (χ1n) is 11.9. The third-order valence-electron chi connectivity index (χ3n) is 6.39. The van der Waals surface area contributed by atoms with Crippen LogP contribution in [0.15, 0.2) is 55.0 Å². The molecule has 1 aliphatic rings. The molecule has 5 rings (SSSR count). The van der Waals surface area contributed by atoms with Crippen LogP contribution in [0.2, 0.25) is 0 Å². The molecule has 36 heavy (non-hydrogen) atoms. The molecule has 1 unspecified atom stereocenters. The van der Waals surface area contributed by atoms with Gasteiger partial charge in [0.05, 0.1) is 22.9 Å². The third-order valence-corrected chi connectivity index (χ3v) is 6.39. The number of benzene rings is 1. The Morgan fingerprint density at radius 3 is 2.64 bits per heavy atom. The van der Waals surface area contributed by atoms with Crippen molar-refractivity contribution < 1.29 is 9.59 Å². The number of hydrogen-bond acceptors (Lipinski definition) is 5. The van der Waals surface area contributed by atoms with Gasteiger partial charge in [-0.25, -0.2) is 9.97 Å². The topological polar surface area (TPSA) is 92.5 Å². The summed E-state index contributed by atoms with van der Waals surface area (Å²) in [7, 11) is 0. The van der Waals surface area contributed by atoms with E-state index in [1.807, 2.05) is 48.7 Å². The average Bonchev–Trinajstić information content (AvgIpc) is 3.50. The molecule has 1 N–H and O–H groups in total. The van der Waals surface area contributed by atoms with Gasteiger partial charge in [0.15, 0.2) is 0 Å². The molecule has 0 bridgehead atoms. The van der Waals surface area contributed by atoms with E-state index in [0.717, 1.165) is 46.7 Å². The van der Waals surface area contributed by atoms with E-state index in [1.165, 1.54) is 0 Å². The van der Waals surface area contributed by atoms with Crippen molar-refractivity contribution >= 4 is 23.1 Å². The summed E-state index contributed by atoms with van der Waals surface area (Å²) in [5, 5.41) is 2.84. The fraction of sp³-hybridized carbons (Fsp3) is 0.250. The van der Waals surface area contributed by atoms with Crippen molar-refractivity contribution in [3.05, 3.63) is 77.6 Å². The summed E-state index contributed by atoms with van der Waals surface area (Å²) in [5.74, 6) is 6.27. The van der Waals surface area contributed by atoms with Gasteiger partial charge in [-0.1, -0.05) is 18.1 Å². The Morgan fingerprint density at radius 1 is 1.08 bits per heavy atom. The summed E-state index contributed by atoms with van der Waals surface area (Å²) in [5.41, 5.74) is 4.89. The summed E-state index contributed by atoms with van der Waals surface area (Å²) in [6.07, 6.45) is 7.02. The minimum Gasteiger partial charge on any atom is -0.322 e. The molecular weight excluding hydrogens is 452 g/mol. The van der Waals surface area contributed by atoms with Crippen LogP contribution < -0.4 is 5.32 Å². The Bertz CT molecular complexity index is 1530. The van der Waals surface area contributed by atoms with Crippen LogP contribution >= 0.6 is 0 Å². The van der Waals surface area contributed by atoms with Gasteiger partial charge in [-0.15, -0.1) is 0 Å². The van der Waals surface area contributed by atoms with Crippen molar-refractivity contribution in [2.24, 2.45) is 0 Å². The number of fused-ring (bicyclic) bond motifs is 1. The van der Waals surface area contributed by atoms with Crippen molar-refractivity contribution in [3.63, 3.8) is 0 Å². The predicted molar refractivity (Wildman–Crippen MR) is 137 cm³/mol. The van der Waals surface area contributed by atoms with Gasteiger partial charge in [0.25, 0.3) is 11.8 Å². The van der Waals surface area contributed by atoms with E-state index in [0.29, 0.717) is 17.9 Å². The van der Waals surface area contributed by atoms with Gasteiger partial charge in [0.1, 0.15) is 11.6 Å². The highest BCUT2D eigenvalue weighted by molar-refractivity contribution is 6.04. The maximum Gasteiger partial charge on any atom is 0.299 e. The summed E-state index contributed by atoms with van der Waals surface area (Å²) in [6, 6.07) is 10.9. The fourth-order valence-electron chi connectivity index (χ4n) is 4.69. The van der Waals surface area contributed by atoms with E-state index < -0.39 is 0 Å². The highest BCUT2D eigenvalue weighted by Crippen LogP contribution is 2.35. The lowest BCUT2D eigenvalue weighted by Gasteiger charge is -2.21. The summed E-state index contributed by atoms with van der Waals surface area (Å²) < 4.78 is 2.03. The van der Waals surface area contributed by atoms with Gasteiger partial charge in [-0.05, 0) is 69.4 Å². The molecule has 1 atom stereocenters. The highest BCUT2D eigenvalue weighted by Gasteiger charge is 2.33. The largest absolute Gasteiger partial charge is 0.322 e. The zero-order valence-corrected chi connectivity index (χ0v) is 20.4. The molecule has 1 aliphatic heterocycles. The monoisotopic (exact) mass is 478 g/mol. The maximum atomic E-state index is 12.7. The first-order chi connectivity index (χ1) is 17.5. The van der Waals surface area contributed by atoms with Crippen LogP contribution in [-0.4, -0.2) is 42.6 Å². The number of imidazole rings is 1. The van der Waals surface area contributed by atoms with Crippen molar-refractivity contribution in [1.29, 1.82) is 0 Å². The van der Waals surface area contributed by atoms with Crippen molar-refractivity contribution in [2.45, 2.75) is 39.7 Å². The molecule has 0 spiro atoms. The Hall–Kier alpha value is -4.51. The van der Waals surface area contributed by atoms with Crippen LogP contribution in [0.4, 0.5) is 5.82 Å². The zero-order chi connectivity index (χ0) is 25.2. The Kier molecular flexibility index (Phi) is 6.21. The molecule has 0 saturated carbocycles. The van der Waals surface area contributed by atoms with Gasteiger partial charge in [-0.2, -0.15) is 0 Å². The van der Waals surface area contributed by atoms with Gasteiger partial charge < -0.3 is 10.2 Å². The molecule has 2 amide bonds. The van der Waals surface area contributed by atoms with E-state index in [4.69, 9.17) is 4.98 Å². The molecule has 4 heterocycles. The number of carbonyl (C=O) groups is 2. The van der Waals surface area contributed by atoms with E-state index in [-0.39, 0.29) is 17.9 Å². The fourth-order valence-corrected chi connectivity index (χ4v) is 4.69. The molecule has 1 fully saturated rings. The molecule has 0 aliphatic carbocycles. The number of anilines is 1. The lowest BCUT2D eigenvalue weighted by Crippen LogP contribution is -2.30. The lowest BCUT2D eigenvalue weighted by molar-refractivity contribution is -0.126. The third kappa shape index (κ3) is 4.31. The number of nitrogens with zero attached hydrogens (tertiary/aromatic N) is 5. The van der Waals surface area contributed by atoms with E-state index >= 15 is 0 Å². The van der Waals surface area contributed by atoms with Crippen LogP contribution in [0.25, 0.3) is 16.8 Å². The van der Waals surface area contributed by atoms with Crippen LogP contribution in [0.3, 0.4) is 0 Å². The van der Waals surface area contributed by atoms with Crippen LogP contribution in [0.5, 0.6) is 0 Å². The second-order valence-corrected chi connectivity index (χ2v) is 8.83. The van der Waals surface area contributed by atoms with Crippen LogP contribution in [0.1, 0.15) is 53.2 Å². The average molecular weight is 479 g/mol. The molecule has 8 heteroatoms. The number of aromatic nitrogens is 4. The number of nitrogens with one attached hydrogen (secondary N) is 1. The first kappa shape index (κ1) is 23.2. The Labute approximate surface area is 209 Å². The van der Waals surface area contributed by atoms with Gasteiger partial charge in [0, 0.05) is 36.3 Å². The van der Waals surface area contributed by atoms with Crippen molar-refractivity contribution in [3.8, 4) is 23.1 Å². The number of amides is 2. The quantitative estimate of drug-likeness (QED) is 0.441. The van der Waals surface area contributed by atoms with E-state index in [1.54, 1.807) is 36.4 Å². The lowest BCUT2D eigenvalue weighted by atomic mass is 10.1. The molecular formula is C28H26N6O2. The SMILES string of the molecule is CC#CC(=O)N1CCCC1c1nc(-c2ccc(C(=O)Nc3cc(C)ccn3)cc2)c2c(C)nccn12. The second-order valence-electron chi connectivity index (χ2n) is 8.83. The summed E-state index contributed by atoms with van der Waals surface area (Å²) in [6.45, 7) is 6.22. The molecule has 1 aromatic carbocycles. The highest BCUT2D eigenvalue weighted by atomic mass is 16.2. The molecule has 4 aromatic rings. The smallest absolute Gasteiger partial charge is 0.299 e. The van der Waals surface area contributed by atoms with Crippen LogP contribution in [-0.2, 0) is 4.79 Å². The van der Waals surface area contributed by atoms with Gasteiger partial charge in [0.2, 0.25) is 0 Å². The number of carbonyl (C=O) groups excluding carboxylic acids is 2. The van der Waals surface area contributed by atoms with Crippen LogP contribution in [0, 0.1) is 25.7 Å². The molecule has 1 saturated heterocycles. The number of hydrogen-bond donors (Lipinski definition) is 1. The standard InChI is InChI=1S/C28H26N6O2/c1-4-6-24(35)33-15-5-7-22(33)27-32-25(26-19(3)29-14-16-34(26)27)20-8-10-21(11-9-20)28(36)31-23-17-18(2)12-13-30-23/h8-14,16-17,22H,5,7,15H2,1-3H3,(H,30,31,36). The van der Waals surface area contributed by atoms with Crippen molar-refractivity contribution in [1.82, 2.24) is 24.3 Å². The molecule has 180 valence electrons. The van der Waals surface area contributed by atoms with E-state index in [2.05, 4.69) is 27.1 Å². The number of pyridine rings is 1. The van der Waals surface area contributed by atoms with E-state index in [9.17, 15) is 9.59 Å². The van der Waals surface area contributed by atoms with Crippen molar-refractivity contribution in [2.75, 3.05) is 11.9 Å². The first-order valence-corrected chi connectivity index (χ1v) is 11.9. The van der Waals surface area contributed by atoms with Gasteiger partial charge in [-0.3, -0.25) is 19.0 Å².